The zero-order valence-electron chi connectivity index (χ0n) is 23.6. The number of pyridine rings is 1. The van der Waals surface area contributed by atoms with Gasteiger partial charge >= 0.3 is 0 Å². The van der Waals surface area contributed by atoms with Crippen molar-refractivity contribution in [2.45, 2.75) is 58.2 Å². The lowest BCUT2D eigenvalue weighted by Gasteiger charge is -2.26. The van der Waals surface area contributed by atoms with Gasteiger partial charge in [0.05, 0.1) is 19.8 Å². The first-order chi connectivity index (χ1) is 19.1. The van der Waals surface area contributed by atoms with Gasteiger partial charge in [0.15, 0.2) is 11.5 Å². The van der Waals surface area contributed by atoms with Crippen molar-refractivity contribution < 1.29 is 28.7 Å². The van der Waals surface area contributed by atoms with E-state index in [4.69, 9.17) is 9.47 Å². The average molecular weight is 552 g/mol. The zero-order valence-corrected chi connectivity index (χ0v) is 23.6. The molecule has 2 heterocycles. The highest BCUT2D eigenvalue weighted by Crippen LogP contribution is 2.40. The molecule has 40 heavy (non-hydrogen) atoms. The third-order valence-electron chi connectivity index (χ3n) is 7.22. The van der Waals surface area contributed by atoms with Crippen molar-refractivity contribution in [1.29, 1.82) is 0 Å². The lowest BCUT2D eigenvalue weighted by molar-refractivity contribution is -0.131. The number of carbonyl (C=O) groups is 4. The highest BCUT2D eigenvalue weighted by Gasteiger charge is 2.52. The Labute approximate surface area is 234 Å². The number of carbonyl (C=O) groups excluding carboxylic acids is 4. The van der Waals surface area contributed by atoms with Crippen LogP contribution in [0.1, 0.15) is 56.0 Å². The van der Waals surface area contributed by atoms with Crippen molar-refractivity contribution in [3.8, 4) is 22.6 Å². The third kappa shape index (κ3) is 6.35. The zero-order chi connectivity index (χ0) is 29.0. The monoisotopic (exact) mass is 551 g/mol. The maximum Gasteiger partial charge on any atom is 0.253 e. The molecule has 11 heteroatoms. The fourth-order valence-electron chi connectivity index (χ4n) is 4.87. The number of nitrogens with zero attached hydrogens (tertiary/aromatic N) is 2. The van der Waals surface area contributed by atoms with E-state index in [1.54, 1.807) is 23.2 Å². The van der Waals surface area contributed by atoms with Crippen molar-refractivity contribution in [3.63, 3.8) is 0 Å². The Morgan fingerprint density at radius 3 is 2.45 bits per heavy atom. The molecule has 1 aliphatic carbocycles. The van der Waals surface area contributed by atoms with Crippen molar-refractivity contribution in [3.05, 3.63) is 41.7 Å². The summed E-state index contributed by atoms with van der Waals surface area (Å²) in [5.74, 6) is -0.284. The van der Waals surface area contributed by atoms with Crippen LogP contribution in [-0.4, -0.2) is 72.4 Å². The Kier molecular flexibility index (Phi) is 8.61. The first-order valence-corrected chi connectivity index (χ1v) is 13.4. The molecule has 0 saturated heterocycles. The van der Waals surface area contributed by atoms with Crippen LogP contribution in [0.15, 0.2) is 30.6 Å². The summed E-state index contributed by atoms with van der Waals surface area (Å²) >= 11 is 0. The van der Waals surface area contributed by atoms with Crippen LogP contribution in [0.5, 0.6) is 11.5 Å². The molecular weight excluding hydrogens is 514 g/mol. The molecule has 3 N–H and O–H groups in total. The van der Waals surface area contributed by atoms with Crippen LogP contribution in [0, 0.1) is 5.92 Å². The normalized spacial score (nSPS) is 19.2. The molecule has 4 rings (SSSR count). The SMILES string of the molecule is COc1cc2cc(c1OC)-c1cncc(c1)C(=O)NC1(CC1)C(=O)N[C@H](CC(C)C)C(=O)NCCN(C(C)=O)C2. The van der Waals surface area contributed by atoms with Crippen LogP contribution >= 0.6 is 0 Å². The number of hydrogen-bond acceptors (Lipinski definition) is 7. The van der Waals surface area contributed by atoms with Gasteiger partial charge in [0.25, 0.3) is 5.91 Å². The molecule has 1 aromatic heterocycles. The van der Waals surface area contributed by atoms with Gasteiger partial charge < -0.3 is 30.3 Å². The first-order valence-electron chi connectivity index (χ1n) is 13.4. The van der Waals surface area contributed by atoms with Crippen LogP contribution in [0.3, 0.4) is 0 Å². The Hall–Kier alpha value is -4.15. The van der Waals surface area contributed by atoms with Crippen LogP contribution in [0.25, 0.3) is 11.1 Å². The molecular formula is C29H37N5O6. The van der Waals surface area contributed by atoms with Crippen LogP contribution < -0.4 is 25.4 Å². The van der Waals surface area contributed by atoms with Gasteiger partial charge in [-0.2, -0.15) is 0 Å². The van der Waals surface area contributed by atoms with E-state index in [0.29, 0.717) is 41.9 Å². The van der Waals surface area contributed by atoms with Crippen molar-refractivity contribution >= 4 is 23.6 Å². The minimum atomic E-state index is -1.08. The predicted molar refractivity (Wildman–Crippen MR) is 148 cm³/mol. The van der Waals surface area contributed by atoms with Crippen LogP contribution in [0.4, 0.5) is 0 Å². The van der Waals surface area contributed by atoms with Gasteiger partial charge in [-0.15, -0.1) is 0 Å². The minimum Gasteiger partial charge on any atom is -0.493 e. The third-order valence-corrected chi connectivity index (χ3v) is 7.22. The van der Waals surface area contributed by atoms with Crippen LogP contribution in [0.2, 0.25) is 0 Å². The number of amides is 4. The molecule has 1 aliphatic heterocycles. The smallest absolute Gasteiger partial charge is 0.253 e. The van der Waals surface area contributed by atoms with E-state index in [0.717, 1.165) is 5.56 Å². The molecule has 1 aromatic carbocycles. The summed E-state index contributed by atoms with van der Waals surface area (Å²) in [6.45, 7) is 6.13. The molecule has 4 bridgehead atoms. The van der Waals surface area contributed by atoms with E-state index in [1.165, 1.54) is 27.3 Å². The number of fused-ring (bicyclic) bond motifs is 5. The average Bonchev–Trinajstić information content (AvgIpc) is 3.71. The summed E-state index contributed by atoms with van der Waals surface area (Å²) in [5, 5.41) is 8.60. The lowest BCUT2D eigenvalue weighted by Crippen LogP contribution is -2.56. The molecule has 1 saturated carbocycles. The number of benzene rings is 1. The fraction of sp³-hybridized carbons (Fsp3) is 0.483. The summed E-state index contributed by atoms with van der Waals surface area (Å²) in [7, 11) is 3.05. The minimum absolute atomic E-state index is 0.139. The van der Waals surface area contributed by atoms with Crippen molar-refractivity contribution in [2.24, 2.45) is 5.92 Å². The molecule has 4 amide bonds. The molecule has 0 unspecified atom stereocenters. The summed E-state index contributed by atoms with van der Waals surface area (Å²) in [6.07, 6.45) is 4.41. The summed E-state index contributed by atoms with van der Waals surface area (Å²) in [5.41, 5.74) is 1.20. The van der Waals surface area contributed by atoms with Crippen LogP contribution in [-0.2, 0) is 20.9 Å². The van der Waals surface area contributed by atoms with E-state index < -0.39 is 23.4 Å². The fourth-order valence-corrected chi connectivity index (χ4v) is 4.87. The number of nitrogens with one attached hydrogen (secondary N) is 3. The molecule has 214 valence electrons. The Balaban J connectivity index is 1.78. The maximum absolute atomic E-state index is 13.3. The van der Waals surface area contributed by atoms with Crippen molar-refractivity contribution in [1.82, 2.24) is 25.8 Å². The molecule has 11 nitrogen and oxygen atoms in total. The van der Waals surface area contributed by atoms with E-state index >= 15 is 0 Å². The standard InChI is InChI=1S/C29H37N5O6/c1-17(2)10-23-27(37)31-8-9-34(18(3)35)16-19-11-22(25(40-5)24(12-19)39-4)20-13-21(15-30-14-20)26(36)33-29(6-7-29)28(38)32-23/h11-15,17,23H,6-10,16H2,1-5H3,(H,31,37)(H,32,38)(H,33,36)/t23-/m1/s1. The second-order valence-corrected chi connectivity index (χ2v) is 10.8. The lowest BCUT2D eigenvalue weighted by atomic mass is 10.00. The van der Waals surface area contributed by atoms with E-state index in [9.17, 15) is 19.2 Å². The van der Waals surface area contributed by atoms with Gasteiger partial charge in [0.1, 0.15) is 11.6 Å². The Morgan fingerprint density at radius 1 is 1.10 bits per heavy atom. The number of methoxy groups -OCH3 is 2. The van der Waals surface area contributed by atoms with Gasteiger partial charge in [-0.3, -0.25) is 24.2 Å². The molecule has 1 spiro atoms. The maximum atomic E-state index is 13.3. The second-order valence-electron chi connectivity index (χ2n) is 10.8. The van der Waals surface area contributed by atoms with Gasteiger partial charge in [0, 0.05) is 50.1 Å². The van der Waals surface area contributed by atoms with E-state index in [-0.39, 0.29) is 42.9 Å². The number of ether oxygens (including phenoxy) is 2. The largest absolute Gasteiger partial charge is 0.493 e. The first kappa shape index (κ1) is 28.8. The molecule has 2 aliphatic rings. The second kappa shape index (κ2) is 11.9. The van der Waals surface area contributed by atoms with Gasteiger partial charge in [-0.1, -0.05) is 13.8 Å². The summed E-state index contributed by atoms with van der Waals surface area (Å²) in [6, 6.07) is 4.57. The summed E-state index contributed by atoms with van der Waals surface area (Å²) in [4.78, 5) is 58.2. The molecule has 0 radical (unpaired) electrons. The Morgan fingerprint density at radius 2 is 1.82 bits per heavy atom. The van der Waals surface area contributed by atoms with E-state index in [2.05, 4.69) is 20.9 Å². The number of hydrogen-bond donors (Lipinski definition) is 3. The molecule has 2 aromatic rings. The van der Waals surface area contributed by atoms with Crippen molar-refractivity contribution in [2.75, 3.05) is 27.3 Å². The van der Waals surface area contributed by atoms with E-state index in [1.807, 2.05) is 19.9 Å². The molecule has 1 atom stereocenters. The highest BCUT2D eigenvalue weighted by atomic mass is 16.5. The summed E-state index contributed by atoms with van der Waals surface area (Å²) < 4.78 is 11.2. The quantitative estimate of drug-likeness (QED) is 0.529. The Bertz CT molecular complexity index is 1310. The van der Waals surface area contributed by atoms with Gasteiger partial charge in [0.2, 0.25) is 17.7 Å². The topological polar surface area (TPSA) is 139 Å². The molecule has 1 fully saturated rings. The van der Waals surface area contributed by atoms with Gasteiger partial charge in [-0.25, -0.2) is 0 Å². The highest BCUT2D eigenvalue weighted by molar-refractivity contribution is 6.02. The van der Waals surface area contributed by atoms with Gasteiger partial charge in [-0.05, 0) is 48.9 Å². The predicted octanol–water partition coefficient (Wildman–Crippen LogP) is 2.04. The number of aromatic nitrogens is 1. The number of rotatable bonds is 4.